The quantitative estimate of drug-likeness (QED) is 0.343. The van der Waals surface area contributed by atoms with E-state index < -0.39 is 11.8 Å². The summed E-state index contributed by atoms with van der Waals surface area (Å²) in [5.74, 6) is -0.277. The third kappa shape index (κ3) is 4.24. The fourth-order valence-electron chi connectivity index (χ4n) is 3.88. The Morgan fingerprint density at radius 2 is 1.86 bits per heavy atom. The standard InChI is InChI=1S/C24H25N9O3/c1-4-31-13-18(15(3)29-31)20-8-9-25-22-17(12-27-33(20)22)23(34)28-19-14-32(5-2)30-21(19)24(35)26-11-16-7-6-10-36-16/h6-10,12-14H,4-5,11H2,1-3H3,(H,26,35)(H,28,34). The van der Waals surface area contributed by atoms with Gasteiger partial charge in [-0.05, 0) is 39.0 Å². The first-order valence-electron chi connectivity index (χ1n) is 11.5. The van der Waals surface area contributed by atoms with Crippen molar-refractivity contribution < 1.29 is 14.0 Å². The zero-order chi connectivity index (χ0) is 25.2. The zero-order valence-corrected chi connectivity index (χ0v) is 20.1. The molecule has 2 N–H and O–H groups in total. The smallest absolute Gasteiger partial charge is 0.274 e. The van der Waals surface area contributed by atoms with Crippen LogP contribution in [0.4, 0.5) is 5.69 Å². The van der Waals surface area contributed by atoms with Gasteiger partial charge in [0.05, 0.1) is 36.1 Å². The molecule has 5 heterocycles. The molecule has 0 saturated heterocycles. The molecule has 0 aromatic carbocycles. The molecule has 0 bridgehead atoms. The van der Waals surface area contributed by atoms with Gasteiger partial charge in [-0.15, -0.1) is 0 Å². The van der Waals surface area contributed by atoms with Gasteiger partial charge in [0.25, 0.3) is 11.8 Å². The van der Waals surface area contributed by atoms with E-state index in [4.69, 9.17) is 4.42 Å². The van der Waals surface area contributed by atoms with E-state index in [0.29, 0.717) is 18.0 Å². The lowest BCUT2D eigenvalue weighted by molar-refractivity contribution is 0.0943. The molecule has 36 heavy (non-hydrogen) atoms. The summed E-state index contributed by atoms with van der Waals surface area (Å²) in [5.41, 5.74) is 3.57. The number of amides is 2. The second-order valence-corrected chi connectivity index (χ2v) is 8.07. The maximum absolute atomic E-state index is 13.3. The van der Waals surface area contributed by atoms with Crippen molar-refractivity contribution in [2.24, 2.45) is 0 Å². The van der Waals surface area contributed by atoms with Crippen molar-refractivity contribution in [1.82, 2.24) is 39.5 Å². The lowest BCUT2D eigenvalue weighted by Gasteiger charge is -2.06. The van der Waals surface area contributed by atoms with Crippen LogP contribution in [0, 0.1) is 6.92 Å². The Labute approximate surface area is 205 Å². The van der Waals surface area contributed by atoms with Gasteiger partial charge in [0, 0.05) is 37.2 Å². The second kappa shape index (κ2) is 9.49. The number of anilines is 1. The molecule has 5 aromatic heterocycles. The predicted molar refractivity (Wildman–Crippen MR) is 130 cm³/mol. The first-order valence-corrected chi connectivity index (χ1v) is 11.5. The van der Waals surface area contributed by atoms with Gasteiger partial charge in [0.2, 0.25) is 0 Å². The van der Waals surface area contributed by atoms with Crippen LogP contribution in [0.3, 0.4) is 0 Å². The highest BCUT2D eigenvalue weighted by atomic mass is 16.3. The van der Waals surface area contributed by atoms with Gasteiger partial charge in [-0.1, -0.05) is 0 Å². The highest BCUT2D eigenvalue weighted by Gasteiger charge is 2.22. The summed E-state index contributed by atoms with van der Waals surface area (Å²) in [7, 11) is 0. The van der Waals surface area contributed by atoms with Crippen molar-refractivity contribution in [1.29, 1.82) is 0 Å². The molecule has 12 heteroatoms. The first kappa shape index (κ1) is 23.0. The Balaban J connectivity index is 1.42. The molecular formula is C24H25N9O3. The van der Waals surface area contributed by atoms with Gasteiger partial charge < -0.3 is 15.1 Å². The summed E-state index contributed by atoms with van der Waals surface area (Å²) < 4.78 is 10.3. The number of carbonyl (C=O) groups excluding carboxylic acids is 2. The molecule has 0 aliphatic carbocycles. The van der Waals surface area contributed by atoms with E-state index in [-0.39, 0.29) is 23.5 Å². The highest BCUT2D eigenvalue weighted by molar-refractivity contribution is 6.11. The number of hydrogen-bond acceptors (Lipinski definition) is 7. The molecule has 5 aromatic rings. The molecule has 0 spiro atoms. The Morgan fingerprint density at radius 1 is 1.06 bits per heavy atom. The number of hydrogen-bond donors (Lipinski definition) is 2. The third-order valence-electron chi connectivity index (χ3n) is 5.74. The summed E-state index contributed by atoms with van der Waals surface area (Å²) in [5, 5.41) is 18.8. The summed E-state index contributed by atoms with van der Waals surface area (Å²) >= 11 is 0. The SMILES string of the molecule is CCn1cc(-c2ccnc3c(C(=O)Nc4cn(CC)nc4C(=O)NCc4ccco4)cnn23)c(C)n1. The zero-order valence-electron chi connectivity index (χ0n) is 20.1. The predicted octanol–water partition coefficient (Wildman–Crippen LogP) is 2.91. The van der Waals surface area contributed by atoms with Crippen molar-refractivity contribution in [3.05, 3.63) is 72.0 Å². The largest absolute Gasteiger partial charge is 0.467 e. The van der Waals surface area contributed by atoms with Crippen LogP contribution in [0.2, 0.25) is 0 Å². The van der Waals surface area contributed by atoms with Crippen molar-refractivity contribution in [2.75, 3.05) is 5.32 Å². The van der Waals surface area contributed by atoms with E-state index in [1.807, 2.05) is 37.7 Å². The summed E-state index contributed by atoms with van der Waals surface area (Å²) in [6.45, 7) is 7.30. The molecule has 0 aliphatic heterocycles. The first-order chi connectivity index (χ1) is 17.5. The van der Waals surface area contributed by atoms with Crippen molar-refractivity contribution in [3.63, 3.8) is 0 Å². The lowest BCUT2D eigenvalue weighted by Crippen LogP contribution is -2.25. The number of rotatable bonds is 8. The molecule has 12 nitrogen and oxygen atoms in total. The Hall–Kier alpha value is -4.74. The lowest BCUT2D eigenvalue weighted by atomic mass is 10.2. The molecule has 184 valence electrons. The van der Waals surface area contributed by atoms with Gasteiger partial charge in [-0.3, -0.25) is 19.0 Å². The van der Waals surface area contributed by atoms with Gasteiger partial charge in [-0.2, -0.15) is 15.3 Å². The molecule has 0 unspecified atom stereocenters. The number of furan rings is 1. The maximum Gasteiger partial charge on any atom is 0.274 e. The Bertz CT molecular complexity index is 1540. The van der Waals surface area contributed by atoms with Crippen LogP contribution in [-0.2, 0) is 19.6 Å². The number of fused-ring (bicyclic) bond motifs is 1. The van der Waals surface area contributed by atoms with Gasteiger partial charge in [0.15, 0.2) is 11.3 Å². The number of nitrogens with one attached hydrogen (secondary N) is 2. The number of aromatic nitrogens is 7. The van der Waals surface area contributed by atoms with E-state index in [1.165, 1.54) is 12.5 Å². The van der Waals surface area contributed by atoms with Gasteiger partial charge in [0.1, 0.15) is 11.3 Å². The highest BCUT2D eigenvalue weighted by Crippen LogP contribution is 2.24. The Morgan fingerprint density at radius 3 is 2.58 bits per heavy atom. The second-order valence-electron chi connectivity index (χ2n) is 8.07. The molecular weight excluding hydrogens is 462 g/mol. The Kier molecular flexibility index (Phi) is 6.07. The van der Waals surface area contributed by atoms with Crippen LogP contribution in [0.5, 0.6) is 0 Å². The molecule has 0 fully saturated rings. The average Bonchev–Trinajstić information content (AvgIpc) is 3.68. The van der Waals surface area contributed by atoms with Crippen molar-refractivity contribution in [2.45, 2.75) is 40.4 Å². The topological polar surface area (TPSA) is 137 Å². The van der Waals surface area contributed by atoms with E-state index in [9.17, 15) is 9.59 Å². The van der Waals surface area contributed by atoms with Crippen molar-refractivity contribution in [3.8, 4) is 11.3 Å². The van der Waals surface area contributed by atoms with Crippen molar-refractivity contribution >= 4 is 23.1 Å². The molecule has 0 atom stereocenters. The summed E-state index contributed by atoms with van der Waals surface area (Å²) in [6.07, 6.45) is 8.19. The molecule has 0 aliphatic rings. The maximum atomic E-state index is 13.3. The monoisotopic (exact) mass is 487 g/mol. The molecule has 0 saturated carbocycles. The van der Waals surface area contributed by atoms with E-state index in [2.05, 4.69) is 30.9 Å². The number of aryl methyl sites for hydroxylation is 3. The average molecular weight is 488 g/mol. The van der Waals surface area contributed by atoms with Crippen LogP contribution in [0.25, 0.3) is 16.9 Å². The van der Waals surface area contributed by atoms with Crippen LogP contribution in [0.1, 0.15) is 46.1 Å². The van der Waals surface area contributed by atoms with E-state index in [0.717, 1.165) is 23.5 Å². The van der Waals surface area contributed by atoms with Crippen LogP contribution < -0.4 is 10.6 Å². The van der Waals surface area contributed by atoms with Crippen LogP contribution in [0.15, 0.2) is 53.7 Å². The van der Waals surface area contributed by atoms with Crippen LogP contribution in [-0.4, -0.2) is 46.0 Å². The molecule has 5 rings (SSSR count). The van der Waals surface area contributed by atoms with E-state index >= 15 is 0 Å². The minimum absolute atomic E-state index is 0.101. The van der Waals surface area contributed by atoms with Gasteiger partial charge in [-0.25, -0.2) is 9.50 Å². The minimum Gasteiger partial charge on any atom is -0.467 e. The minimum atomic E-state index is -0.452. The fraction of sp³-hybridized carbons (Fsp3) is 0.250. The number of nitrogens with zero attached hydrogens (tertiary/aromatic N) is 7. The molecule has 2 amide bonds. The summed E-state index contributed by atoms with van der Waals surface area (Å²) in [6, 6.07) is 5.33. The summed E-state index contributed by atoms with van der Waals surface area (Å²) in [4.78, 5) is 30.5. The van der Waals surface area contributed by atoms with Gasteiger partial charge >= 0.3 is 0 Å². The number of carbonyl (C=O) groups is 2. The molecule has 0 radical (unpaired) electrons. The van der Waals surface area contributed by atoms with E-state index in [1.54, 1.807) is 33.7 Å². The normalized spacial score (nSPS) is 11.2. The van der Waals surface area contributed by atoms with Crippen LogP contribution >= 0.6 is 0 Å². The third-order valence-corrected chi connectivity index (χ3v) is 5.74. The fourth-order valence-corrected chi connectivity index (χ4v) is 3.88.